The SMILES string of the molecule is O=C(CC1CS(=O)(=O)CCN1)NCC1(O)CCC1. The molecule has 0 spiro atoms. The van der Waals surface area contributed by atoms with Crippen LogP contribution in [0.4, 0.5) is 0 Å². The van der Waals surface area contributed by atoms with Crippen molar-refractivity contribution in [2.24, 2.45) is 0 Å². The van der Waals surface area contributed by atoms with Gasteiger partial charge in [-0.1, -0.05) is 0 Å². The second kappa shape index (κ2) is 5.14. The van der Waals surface area contributed by atoms with E-state index in [9.17, 15) is 18.3 Å². The molecule has 2 aliphatic rings. The molecule has 1 aliphatic heterocycles. The van der Waals surface area contributed by atoms with Gasteiger partial charge in [0.2, 0.25) is 5.91 Å². The number of carbonyl (C=O) groups excluding carboxylic acids is 1. The fraction of sp³-hybridized carbons (Fsp3) is 0.909. The average molecular weight is 276 g/mol. The van der Waals surface area contributed by atoms with Crippen LogP contribution in [0.25, 0.3) is 0 Å². The second-order valence-electron chi connectivity index (χ2n) is 5.32. The van der Waals surface area contributed by atoms with Gasteiger partial charge in [-0.3, -0.25) is 4.79 Å². The molecule has 104 valence electrons. The Balaban J connectivity index is 1.73. The highest BCUT2D eigenvalue weighted by atomic mass is 32.2. The molecule has 1 atom stereocenters. The summed E-state index contributed by atoms with van der Waals surface area (Å²) in [6.07, 6.45) is 2.59. The van der Waals surface area contributed by atoms with Crippen molar-refractivity contribution >= 4 is 15.7 Å². The van der Waals surface area contributed by atoms with Gasteiger partial charge >= 0.3 is 0 Å². The fourth-order valence-electron chi connectivity index (χ4n) is 2.32. The van der Waals surface area contributed by atoms with E-state index in [-0.39, 0.29) is 36.4 Å². The summed E-state index contributed by atoms with van der Waals surface area (Å²) in [6, 6.07) is -0.306. The van der Waals surface area contributed by atoms with Crippen LogP contribution in [0.1, 0.15) is 25.7 Å². The van der Waals surface area contributed by atoms with Crippen molar-refractivity contribution in [3.05, 3.63) is 0 Å². The molecular weight excluding hydrogens is 256 g/mol. The van der Waals surface area contributed by atoms with E-state index in [0.717, 1.165) is 19.3 Å². The molecule has 0 radical (unpaired) electrons. The number of amides is 1. The van der Waals surface area contributed by atoms with Crippen LogP contribution in [0.3, 0.4) is 0 Å². The van der Waals surface area contributed by atoms with E-state index in [1.54, 1.807) is 0 Å². The van der Waals surface area contributed by atoms with E-state index in [0.29, 0.717) is 6.54 Å². The lowest BCUT2D eigenvalue weighted by atomic mass is 9.80. The van der Waals surface area contributed by atoms with Crippen LogP contribution in [0.2, 0.25) is 0 Å². The summed E-state index contributed by atoms with van der Waals surface area (Å²) in [5.41, 5.74) is -0.734. The molecule has 7 heteroatoms. The molecule has 1 unspecified atom stereocenters. The van der Waals surface area contributed by atoms with E-state index in [1.807, 2.05) is 0 Å². The van der Waals surface area contributed by atoms with Crippen molar-refractivity contribution in [1.82, 2.24) is 10.6 Å². The zero-order valence-corrected chi connectivity index (χ0v) is 11.1. The minimum Gasteiger partial charge on any atom is -0.388 e. The Morgan fingerprint density at radius 2 is 2.17 bits per heavy atom. The molecule has 2 fully saturated rings. The zero-order valence-electron chi connectivity index (χ0n) is 10.3. The fourth-order valence-corrected chi connectivity index (χ4v) is 3.76. The maximum atomic E-state index is 11.7. The normalized spacial score (nSPS) is 29.3. The lowest BCUT2D eigenvalue weighted by Crippen LogP contribution is -2.50. The molecule has 1 aliphatic carbocycles. The van der Waals surface area contributed by atoms with Gasteiger partial charge in [0.1, 0.15) is 0 Å². The highest BCUT2D eigenvalue weighted by Crippen LogP contribution is 2.30. The van der Waals surface area contributed by atoms with Gasteiger partial charge in [-0.2, -0.15) is 0 Å². The Labute approximate surface area is 107 Å². The van der Waals surface area contributed by atoms with Crippen LogP contribution in [0.5, 0.6) is 0 Å². The Morgan fingerprint density at radius 3 is 2.72 bits per heavy atom. The van der Waals surface area contributed by atoms with Gasteiger partial charge in [-0.05, 0) is 19.3 Å². The first-order chi connectivity index (χ1) is 8.39. The Bertz CT molecular complexity index is 417. The third kappa shape index (κ3) is 3.66. The van der Waals surface area contributed by atoms with Gasteiger partial charge < -0.3 is 15.7 Å². The summed E-state index contributed by atoms with van der Waals surface area (Å²) in [4.78, 5) is 11.7. The van der Waals surface area contributed by atoms with Gasteiger partial charge in [0.25, 0.3) is 0 Å². The highest BCUT2D eigenvalue weighted by Gasteiger charge is 2.34. The number of rotatable bonds is 4. The van der Waals surface area contributed by atoms with Crippen LogP contribution < -0.4 is 10.6 Å². The number of aliphatic hydroxyl groups is 1. The van der Waals surface area contributed by atoms with Crippen molar-refractivity contribution in [3.63, 3.8) is 0 Å². The van der Waals surface area contributed by atoms with E-state index in [2.05, 4.69) is 10.6 Å². The van der Waals surface area contributed by atoms with Gasteiger partial charge in [0.15, 0.2) is 9.84 Å². The predicted molar refractivity (Wildman–Crippen MR) is 66.9 cm³/mol. The third-order valence-electron chi connectivity index (χ3n) is 3.63. The molecule has 6 nitrogen and oxygen atoms in total. The molecule has 1 saturated heterocycles. The van der Waals surface area contributed by atoms with Crippen LogP contribution in [0, 0.1) is 0 Å². The summed E-state index contributed by atoms with van der Waals surface area (Å²) in [6.45, 7) is 0.676. The predicted octanol–water partition coefficient (Wildman–Crippen LogP) is -1.21. The maximum Gasteiger partial charge on any atom is 0.221 e. The first kappa shape index (κ1) is 13.8. The van der Waals surface area contributed by atoms with E-state index < -0.39 is 15.4 Å². The van der Waals surface area contributed by atoms with Crippen LogP contribution >= 0.6 is 0 Å². The lowest BCUT2D eigenvalue weighted by molar-refractivity contribution is -0.123. The molecule has 0 aromatic heterocycles. The number of sulfone groups is 1. The van der Waals surface area contributed by atoms with Crippen molar-refractivity contribution in [3.8, 4) is 0 Å². The van der Waals surface area contributed by atoms with Crippen LogP contribution in [-0.2, 0) is 14.6 Å². The topological polar surface area (TPSA) is 95.5 Å². The Morgan fingerprint density at radius 1 is 1.44 bits per heavy atom. The average Bonchev–Trinajstić information content (AvgIpc) is 2.22. The first-order valence-corrected chi connectivity index (χ1v) is 8.14. The maximum absolute atomic E-state index is 11.7. The molecule has 2 rings (SSSR count). The Kier molecular flexibility index (Phi) is 3.93. The lowest BCUT2D eigenvalue weighted by Gasteiger charge is -2.36. The molecule has 0 aromatic carbocycles. The van der Waals surface area contributed by atoms with Gasteiger partial charge in [-0.15, -0.1) is 0 Å². The summed E-state index contributed by atoms with van der Waals surface area (Å²) < 4.78 is 22.8. The van der Waals surface area contributed by atoms with Gasteiger partial charge in [0.05, 0.1) is 17.1 Å². The van der Waals surface area contributed by atoms with Gasteiger partial charge in [0, 0.05) is 25.6 Å². The zero-order chi connectivity index (χ0) is 13.2. The molecule has 0 bridgehead atoms. The molecule has 1 saturated carbocycles. The quantitative estimate of drug-likeness (QED) is 0.599. The van der Waals surface area contributed by atoms with Crippen LogP contribution in [-0.4, -0.2) is 55.7 Å². The van der Waals surface area contributed by atoms with E-state index in [1.165, 1.54) is 0 Å². The molecule has 3 N–H and O–H groups in total. The highest BCUT2D eigenvalue weighted by molar-refractivity contribution is 7.91. The first-order valence-electron chi connectivity index (χ1n) is 6.31. The number of carbonyl (C=O) groups is 1. The van der Waals surface area contributed by atoms with Crippen molar-refractivity contribution in [2.75, 3.05) is 24.6 Å². The standard InChI is InChI=1S/C11H20N2O4S/c14-10(13-8-11(15)2-1-3-11)6-9-7-18(16,17)5-4-12-9/h9,12,15H,1-8H2,(H,13,14). The molecule has 1 amide bonds. The molecule has 0 aromatic rings. The van der Waals surface area contributed by atoms with E-state index in [4.69, 9.17) is 0 Å². The van der Waals surface area contributed by atoms with Crippen molar-refractivity contribution < 1.29 is 18.3 Å². The van der Waals surface area contributed by atoms with Crippen molar-refractivity contribution in [1.29, 1.82) is 0 Å². The summed E-state index contributed by atoms with van der Waals surface area (Å²) in [5, 5.41) is 15.5. The smallest absolute Gasteiger partial charge is 0.221 e. The van der Waals surface area contributed by atoms with Crippen molar-refractivity contribution in [2.45, 2.75) is 37.3 Å². The molecular formula is C11H20N2O4S. The third-order valence-corrected chi connectivity index (χ3v) is 5.37. The number of hydrogen-bond donors (Lipinski definition) is 3. The molecule has 1 heterocycles. The van der Waals surface area contributed by atoms with Gasteiger partial charge in [-0.25, -0.2) is 8.42 Å². The minimum absolute atomic E-state index is 0.0185. The summed E-state index contributed by atoms with van der Waals surface area (Å²) >= 11 is 0. The largest absolute Gasteiger partial charge is 0.388 e. The minimum atomic E-state index is -3.01. The number of hydrogen-bond acceptors (Lipinski definition) is 5. The van der Waals surface area contributed by atoms with E-state index >= 15 is 0 Å². The monoisotopic (exact) mass is 276 g/mol. The summed E-state index contributed by atoms with van der Waals surface area (Å²) in [7, 11) is -3.01. The number of nitrogens with one attached hydrogen (secondary N) is 2. The van der Waals surface area contributed by atoms with Crippen LogP contribution in [0.15, 0.2) is 0 Å². The Hall–Kier alpha value is -0.660. The molecule has 18 heavy (non-hydrogen) atoms. The summed E-state index contributed by atoms with van der Waals surface area (Å²) in [5.74, 6) is -0.0415. The second-order valence-corrected chi connectivity index (χ2v) is 7.55.